The van der Waals surface area contributed by atoms with E-state index in [1.165, 1.54) is 118 Å². The molecule has 6 aromatic carbocycles. The van der Waals surface area contributed by atoms with Crippen LogP contribution in [0.5, 0.6) is 0 Å². The van der Waals surface area contributed by atoms with Crippen molar-refractivity contribution in [1.82, 2.24) is 15.0 Å². The Labute approximate surface area is 505 Å². The number of aryl methyl sites for hydroxylation is 8. The number of benzene rings is 6. The SMILES string of the molecule is Cc1ccc(-c2cccnc2)cc1-c1c2ccccc2cc(C)[n+]1C.Cc1ccncc1-c1c2ccccc2cc(C)[n+]1C.Cc1cnccc1-c1c2ccccc2cc(C)[n+]1C.[2H]c1cc2ccccc2c(-c2cc(C([2H])([2H])[2H])cc(C([2H])([2H])C)c2C)[n+]1C. The molecule has 0 saturated carbocycles. The molecule has 7 heteroatoms. The summed E-state index contributed by atoms with van der Waals surface area (Å²) < 4.78 is 56.6. The van der Waals surface area contributed by atoms with E-state index < -0.39 is 13.2 Å². The maximum atomic E-state index is 8.29. The minimum atomic E-state index is -2.35. The highest BCUT2D eigenvalue weighted by Crippen LogP contribution is 2.34. The van der Waals surface area contributed by atoms with Crippen molar-refractivity contribution in [3.8, 4) is 56.2 Å². The van der Waals surface area contributed by atoms with Gasteiger partial charge in [-0.15, -0.1) is 0 Å². The molecule has 0 fully saturated rings. The number of pyridine rings is 7. The fraction of sp³-hybridized carbons (Fsp3) is 0.182. The van der Waals surface area contributed by atoms with E-state index >= 15 is 0 Å². The highest BCUT2D eigenvalue weighted by Gasteiger charge is 2.23. The average Bonchev–Trinajstić information content (AvgIpc) is 0.996. The molecule has 0 unspecified atom stereocenters. The second kappa shape index (κ2) is 25.3. The van der Waals surface area contributed by atoms with Gasteiger partial charge in [-0.3, -0.25) is 15.0 Å². The first-order valence-electron chi connectivity index (χ1n) is 31.5. The van der Waals surface area contributed by atoms with Crippen molar-refractivity contribution in [3.05, 3.63) is 270 Å². The van der Waals surface area contributed by atoms with Crippen molar-refractivity contribution >= 4 is 43.1 Å². The molecular formula is C77H77N7+4. The lowest BCUT2D eigenvalue weighted by Crippen LogP contribution is -2.35. The zero-order chi connectivity index (χ0) is 64.3. The molecule has 0 aliphatic carbocycles. The van der Waals surface area contributed by atoms with Crippen LogP contribution in [0.15, 0.2) is 219 Å². The Morgan fingerprint density at radius 2 is 0.905 bits per heavy atom. The summed E-state index contributed by atoms with van der Waals surface area (Å²) in [5, 5.41) is 9.44. The van der Waals surface area contributed by atoms with Gasteiger partial charge in [0, 0.05) is 94.6 Å². The Bertz CT molecular complexity index is 4710. The summed E-state index contributed by atoms with van der Waals surface area (Å²) in [5.74, 6) is 0. The summed E-state index contributed by atoms with van der Waals surface area (Å²) in [6.45, 7) is 13.8. The van der Waals surface area contributed by atoms with Crippen molar-refractivity contribution < 1.29 is 26.5 Å². The van der Waals surface area contributed by atoms with Gasteiger partial charge in [-0.25, -0.2) is 4.57 Å². The predicted octanol–water partition coefficient (Wildman–Crippen LogP) is 16.2. The molecule has 7 aromatic heterocycles. The predicted molar refractivity (Wildman–Crippen MR) is 348 cm³/mol. The van der Waals surface area contributed by atoms with Crippen LogP contribution in [0.1, 0.15) is 65.6 Å². The van der Waals surface area contributed by atoms with Crippen LogP contribution in [0.3, 0.4) is 0 Å². The second-order valence-electron chi connectivity index (χ2n) is 21.7. The Morgan fingerprint density at radius 1 is 0.405 bits per heavy atom. The number of fused-ring (bicyclic) bond motifs is 4. The molecular weight excluding hydrogens is 1020 g/mol. The van der Waals surface area contributed by atoms with E-state index in [4.69, 9.17) is 8.22 Å². The number of hydrogen-bond donors (Lipinski definition) is 0. The van der Waals surface area contributed by atoms with Crippen LogP contribution in [0.2, 0.25) is 0 Å². The monoisotopic (exact) mass is 1110 g/mol. The van der Waals surface area contributed by atoms with Crippen LogP contribution >= 0.6 is 0 Å². The zero-order valence-electron chi connectivity index (χ0n) is 56.3. The molecule has 0 saturated heterocycles. The largest absolute Gasteiger partial charge is 0.264 e. The van der Waals surface area contributed by atoms with E-state index in [0.29, 0.717) is 28.6 Å². The quantitative estimate of drug-likeness (QED) is 0.156. The van der Waals surface area contributed by atoms with Crippen LogP contribution in [-0.2, 0) is 34.6 Å². The summed E-state index contributed by atoms with van der Waals surface area (Å²) in [6, 6.07) is 59.7. The van der Waals surface area contributed by atoms with Crippen LogP contribution in [0.4, 0.5) is 0 Å². The molecule has 0 radical (unpaired) electrons. The number of nitrogens with zero attached hydrogens (tertiary/aromatic N) is 7. The number of aromatic nitrogens is 7. The standard InChI is InChI=1S/C23H21N2.C20H22N.2C17H17N2/c1-16-10-11-18(20-8-6-12-24-15-20)14-22(16)23-21-9-5-4-7-19(21)13-17(2)25(23)3;1-5-16-12-14(2)13-19(15(16)3)20-18-9-7-6-8-17(18)10-11-21(20)4;1-12-11-18-9-8-15(12)17-16-7-5-4-6-14(16)10-13(2)19(17)3;1-12-8-9-18-11-16(12)17-15-7-5-4-6-14(15)10-13(2)19(17)3/h4-15H,1-3H3;6-13H,5H2,1-4H3;2*4-11H,1-3H3/q4*+1/i;2D3,5D2,11D;;. The Morgan fingerprint density at radius 3 is 1.44 bits per heavy atom. The van der Waals surface area contributed by atoms with Gasteiger partial charge in [-0.2, -0.15) is 13.7 Å². The van der Waals surface area contributed by atoms with E-state index in [2.05, 4.69) is 219 Å². The van der Waals surface area contributed by atoms with E-state index in [-0.39, 0.29) is 5.56 Å². The highest BCUT2D eigenvalue weighted by atomic mass is 15.0. The van der Waals surface area contributed by atoms with E-state index in [1.807, 2.05) is 67.5 Å². The zero-order valence-corrected chi connectivity index (χ0v) is 50.3. The third kappa shape index (κ3) is 11.9. The lowest BCUT2D eigenvalue weighted by molar-refractivity contribution is -0.665. The molecule has 7 nitrogen and oxygen atoms in total. The Balaban J connectivity index is 0.000000133. The van der Waals surface area contributed by atoms with Crippen molar-refractivity contribution in [2.24, 2.45) is 28.2 Å². The molecule has 0 aliphatic heterocycles. The number of rotatable bonds is 6. The minimum Gasteiger partial charge on any atom is -0.264 e. The van der Waals surface area contributed by atoms with Crippen molar-refractivity contribution in [2.75, 3.05) is 0 Å². The molecule has 416 valence electrons. The van der Waals surface area contributed by atoms with E-state index in [9.17, 15) is 0 Å². The summed E-state index contributed by atoms with van der Waals surface area (Å²) in [7, 11) is 8.15. The second-order valence-corrected chi connectivity index (χ2v) is 21.7. The van der Waals surface area contributed by atoms with Crippen LogP contribution in [0, 0.1) is 55.3 Å². The third-order valence-electron chi connectivity index (χ3n) is 16.3. The van der Waals surface area contributed by atoms with Gasteiger partial charge in [-0.1, -0.05) is 104 Å². The maximum absolute atomic E-state index is 8.29. The molecule has 7 heterocycles. The molecule has 13 rings (SSSR count). The van der Waals surface area contributed by atoms with Gasteiger partial charge in [0.2, 0.25) is 22.8 Å². The summed E-state index contributed by atoms with van der Waals surface area (Å²) in [5.41, 5.74) is 19.8. The smallest absolute Gasteiger partial charge is 0.222 e. The van der Waals surface area contributed by atoms with Gasteiger partial charge in [0.15, 0.2) is 23.3 Å². The van der Waals surface area contributed by atoms with Gasteiger partial charge in [0.25, 0.3) is 0 Å². The topological polar surface area (TPSA) is 54.2 Å². The Kier molecular flexibility index (Phi) is 15.1. The fourth-order valence-corrected chi connectivity index (χ4v) is 11.4. The molecule has 0 bridgehead atoms. The highest BCUT2D eigenvalue weighted by molar-refractivity contribution is 5.97. The van der Waals surface area contributed by atoms with Gasteiger partial charge in [0.05, 0.1) is 43.8 Å². The van der Waals surface area contributed by atoms with E-state index in [0.717, 1.165) is 16.3 Å². The number of hydrogen-bond acceptors (Lipinski definition) is 3. The van der Waals surface area contributed by atoms with E-state index in [1.54, 1.807) is 30.7 Å². The first-order chi connectivity index (χ1) is 42.9. The maximum Gasteiger partial charge on any atom is 0.222 e. The lowest BCUT2D eigenvalue weighted by atomic mass is 9.93. The molecule has 0 N–H and O–H groups in total. The van der Waals surface area contributed by atoms with Gasteiger partial charge < -0.3 is 0 Å². The summed E-state index contributed by atoms with van der Waals surface area (Å²) >= 11 is 0. The molecule has 0 atom stereocenters. The van der Waals surface area contributed by atoms with Crippen LogP contribution < -0.4 is 18.3 Å². The van der Waals surface area contributed by atoms with Crippen LogP contribution in [-0.4, -0.2) is 15.0 Å². The molecule has 0 aliphatic rings. The first kappa shape index (κ1) is 50.2. The van der Waals surface area contributed by atoms with Gasteiger partial charge in [0.1, 0.15) is 29.6 Å². The molecule has 0 spiro atoms. The fourth-order valence-electron chi connectivity index (χ4n) is 11.4. The van der Waals surface area contributed by atoms with Crippen molar-refractivity contribution in [3.63, 3.8) is 0 Å². The van der Waals surface area contributed by atoms with Gasteiger partial charge >= 0.3 is 0 Å². The molecule has 84 heavy (non-hydrogen) atoms. The molecule has 0 amide bonds. The van der Waals surface area contributed by atoms with Crippen molar-refractivity contribution in [2.45, 2.75) is 68.6 Å². The van der Waals surface area contributed by atoms with Crippen molar-refractivity contribution in [1.29, 1.82) is 0 Å². The normalized spacial score (nSPS) is 12.3. The average molecular weight is 1110 g/mol. The summed E-state index contributed by atoms with van der Waals surface area (Å²) in [4.78, 5) is 12.7. The Hall–Kier alpha value is -9.59. The molecule has 13 aromatic rings. The van der Waals surface area contributed by atoms with Crippen LogP contribution in [0.25, 0.3) is 99.2 Å². The first-order valence-corrected chi connectivity index (χ1v) is 28.5. The lowest BCUT2D eigenvalue weighted by Gasteiger charge is -2.12. The third-order valence-corrected chi connectivity index (χ3v) is 16.3. The minimum absolute atomic E-state index is 0.100. The summed E-state index contributed by atoms with van der Waals surface area (Å²) in [6.07, 6.45) is 9.92. The van der Waals surface area contributed by atoms with Gasteiger partial charge in [-0.05, 0) is 156 Å².